The minimum absolute atomic E-state index is 0.206. The molecule has 4 aliphatic rings. The largest absolute Gasteiger partial charge is 0.478 e. The molecule has 0 aromatic heterocycles. The summed E-state index contributed by atoms with van der Waals surface area (Å²) in [5.41, 5.74) is 5.45. The van der Waals surface area contributed by atoms with Gasteiger partial charge in [0.2, 0.25) is 0 Å². The number of oxime groups is 2. The van der Waals surface area contributed by atoms with Crippen LogP contribution in [0.2, 0.25) is 0 Å². The molecule has 0 bridgehead atoms. The molecule has 0 saturated heterocycles. The molecule has 0 unspecified atom stereocenters. The second kappa shape index (κ2) is 11.3. The van der Waals surface area contributed by atoms with Crippen LogP contribution >= 0.6 is 0 Å². The number of hydrogen-bond donors (Lipinski definition) is 4. The van der Waals surface area contributed by atoms with E-state index in [-0.39, 0.29) is 10.8 Å². The maximum atomic E-state index is 12.7. The second-order valence-corrected chi connectivity index (χ2v) is 11.0. The maximum absolute atomic E-state index is 12.7. The van der Waals surface area contributed by atoms with Crippen molar-refractivity contribution in [2.75, 3.05) is 20.3 Å². The highest BCUT2D eigenvalue weighted by Gasteiger charge is 2.66. The van der Waals surface area contributed by atoms with Crippen LogP contribution < -0.4 is 5.73 Å². The van der Waals surface area contributed by atoms with Crippen molar-refractivity contribution in [3.05, 3.63) is 12.2 Å². The molecule has 5 N–H and O–H groups in total. The lowest BCUT2D eigenvalue weighted by atomic mass is 9.43. The van der Waals surface area contributed by atoms with E-state index in [1.54, 1.807) is 0 Å². The Morgan fingerprint density at radius 3 is 2.35 bits per heavy atom. The first-order valence-corrected chi connectivity index (χ1v) is 12.8. The van der Waals surface area contributed by atoms with Crippen LogP contribution in [0.1, 0.15) is 65.2 Å². The topological polar surface area (TPSA) is 181 Å². The fourth-order valence-electron chi connectivity index (χ4n) is 7.28. The van der Waals surface area contributed by atoms with Crippen LogP contribution in [0, 0.1) is 28.6 Å². The summed E-state index contributed by atoms with van der Waals surface area (Å²) in [5, 5.41) is 36.2. The Labute approximate surface area is 216 Å². The average molecular weight is 522 g/mol. The Morgan fingerprint density at radius 2 is 1.76 bits per heavy atom. The van der Waals surface area contributed by atoms with Crippen molar-refractivity contribution in [3.63, 3.8) is 0 Å². The zero-order chi connectivity index (χ0) is 27.4. The second-order valence-electron chi connectivity index (χ2n) is 11.0. The third kappa shape index (κ3) is 5.43. The van der Waals surface area contributed by atoms with Crippen molar-refractivity contribution in [3.8, 4) is 0 Å². The molecule has 4 aliphatic carbocycles. The first kappa shape index (κ1) is 28.8. The van der Waals surface area contributed by atoms with E-state index in [0.29, 0.717) is 73.8 Å². The Balaban J connectivity index is 0.000000414. The third-order valence-corrected chi connectivity index (χ3v) is 9.18. The summed E-state index contributed by atoms with van der Waals surface area (Å²) in [6.45, 7) is 5.17. The predicted molar refractivity (Wildman–Crippen MR) is 135 cm³/mol. The number of Topliss-reactive ketones (excluding diaryl/α,β-unsaturated/α-hetero) is 1. The summed E-state index contributed by atoms with van der Waals surface area (Å²) in [7, 11) is 1.53. The van der Waals surface area contributed by atoms with Gasteiger partial charge in [0.15, 0.2) is 0 Å². The lowest BCUT2D eigenvalue weighted by molar-refractivity contribution is -0.146. The predicted octanol–water partition coefficient (Wildman–Crippen LogP) is 2.37. The lowest BCUT2D eigenvalue weighted by Crippen LogP contribution is -2.66. The molecule has 11 nitrogen and oxygen atoms in total. The van der Waals surface area contributed by atoms with Gasteiger partial charge in [-0.05, 0) is 56.3 Å². The number of carbonyl (C=O) groups excluding carboxylic acids is 1. The summed E-state index contributed by atoms with van der Waals surface area (Å²) in [6.07, 6.45) is 7.42. The van der Waals surface area contributed by atoms with Crippen LogP contribution in [-0.2, 0) is 24.1 Å². The molecule has 0 radical (unpaired) electrons. The molecule has 0 aliphatic heterocycles. The number of aliphatic hydroxyl groups is 1. The van der Waals surface area contributed by atoms with Crippen molar-refractivity contribution in [2.24, 2.45) is 44.6 Å². The zero-order valence-corrected chi connectivity index (χ0v) is 21.8. The number of hydrogen-bond acceptors (Lipinski definition) is 9. The number of ketones is 1. The van der Waals surface area contributed by atoms with E-state index >= 15 is 0 Å². The van der Waals surface area contributed by atoms with Crippen LogP contribution in [0.4, 0.5) is 0 Å². The average Bonchev–Trinajstić information content (AvgIpc) is 3.14. The fourth-order valence-corrected chi connectivity index (χ4v) is 7.28. The van der Waals surface area contributed by atoms with Gasteiger partial charge >= 0.3 is 11.9 Å². The van der Waals surface area contributed by atoms with Gasteiger partial charge in [0.05, 0.1) is 11.4 Å². The van der Waals surface area contributed by atoms with Crippen molar-refractivity contribution < 1.29 is 39.4 Å². The molecule has 6 atom stereocenters. The molecule has 4 rings (SSSR count). The minimum Gasteiger partial charge on any atom is -0.478 e. The number of carboxylic acid groups (broad SMARTS) is 2. The molecule has 37 heavy (non-hydrogen) atoms. The lowest BCUT2D eigenvalue weighted by Gasteiger charge is -2.62. The van der Waals surface area contributed by atoms with E-state index in [1.165, 1.54) is 7.11 Å². The molecule has 0 spiro atoms. The van der Waals surface area contributed by atoms with Gasteiger partial charge in [0.1, 0.15) is 25.1 Å². The molecule has 0 aromatic carbocycles. The molecule has 4 fully saturated rings. The summed E-state index contributed by atoms with van der Waals surface area (Å²) in [4.78, 5) is 42.3. The standard InChI is InChI=1S/C22H35N3O4.C4H4O4/c1-20-8-7-17-15(16(20)4-5-19(20)26)12-18(25-28-3)22(27)13-14(24-29-11-10-23)6-9-21(17,22)2;5-3(6)1-2-4(7)8/h15-17,27H,4-13,23H2,1-3H3;1-2H,(H,5,6)(H,7,8)/b24-14-,25-18+;2-1+/t15-,16-,17-,20-,21+,22-;/m0./s1. The number of carboxylic acids is 2. The van der Waals surface area contributed by atoms with Crippen molar-refractivity contribution in [1.29, 1.82) is 0 Å². The van der Waals surface area contributed by atoms with Gasteiger partial charge in [0, 0.05) is 42.4 Å². The van der Waals surface area contributed by atoms with Crippen LogP contribution in [0.3, 0.4) is 0 Å². The SMILES string of the molecule is CO/N=C1\C[C@H]2[C@@H]3CCC(=O)[C@@]3(C)CC[C@@H]2[C@@]2(C)CC/C(=N/OCCN)C[C@]12O.O=C(O)/C=C/C(=O)O. The van der Waals surface area contributed by atoms with E-state index in [1.807, 2.05) is 0 Å². The van der Waals surface area contributed by atoms with Crippen molar-refractivity contribution in [2.45, 2.75) is 70.8 Å². The van der Waals surface area contributed by atoms with Gasteiger partial charge < -0.3 is 30.7 Å². The van der Waals surface area contributed by atoms with E-state index in [9.17, 15) is 19.5 Å². The van der Waals surface area contributed by atoms with Crippen LogP contribution in [-0.4, -0.2) is 70.3 Å². The molecular formula is C26H39N3O8. The van der Waals surface area contributed by atoms with E-state index in [0.717, 1.165) is 37.8 Å². The highest BCUT2D eigenvalue weighted by atomic mass is 16.6. The molecule has 4 saturated carbocycles. The number of carbonyl (C=O) groups is 3. The molecule has 11 heteroatoms. The Kier molecular flexibility index (Phi) is 8.79. The smallest absolute Gasteiger partial charge is 0.328 e. The maximum Gasteiger partial charge on any atom is 0.328 e. The minimum atomic E-state index is -1.26. The van der Waals surface area contributed by atoms with Gasteiger partial charge in [-0.15, -0.1) is 0 Å². The van der Waals surface area contributed by atoms with Crippen molar-refractivity contribution >= 4 is 29.1 Å². The number of fused-ring (bicyclic) bond motifs is 5. The Morgan fingerprint density at radius 1 is 1.08 bits per heavy atom. The number of aliphatic carboxylic acids is 2. The number of rotatable bonds is 6. The normalized spacial score (nSPS) is 38.8. The monoisotopic (exact) mass is 521 g/mol. The Bertz CT molecular complexity index is 978. The molecule has 0 amide bonds. The van der Waals surface area contributed by atoms with Gasteiger partial charge in [0.25, 0.3) is 0 Å². The number of nitrogens with zero attached hydrogens (tertiary/aromatic N) is 2. The highest BCUT2D eigenvalue weighted by Crippen LogP contribution is 2.65. The quantitative estimate of drug-likeness (QED) is 0.232. The highest BCUT2D eigenvalue weighted by molar-refractivity contribution is 6.01. The van der Waals surface area contributed by atoms with Crippen molar-refractivity contribution in [1.82, 2.24) is 0 Å². The summed E-state index contributed by atoms with van der Waals surface area (Å²) >= 11 is 0. The summed E-state index contributed by atoms with van der Waals surface area (Å²) < 4.78 is 0. The number of nitrogens with two attached hydrogens (primary N) is 1. The van der Waals surface area contributed by atoms with E-state index < -0.39 is 17.5 Å². The zero-order valence-electron chi connectivity index (χ0n) is 21.8. The molecule has 0 aromatic rings. The van der Waals surface area contributed by atoms with Gasteiger partial charge in [-0.1, -0.05) is 24.2 Å². The van der Waals surface area contributed by atoms with Gasteiger partial charge in [-0.25, -0.2) is 9.59 Å². The van der Waals surface area contributed by atoms with Gasteiger partial charge in [-0.2, -0.15) is 0 Å². The van der Waals surface area contributed by atoms with E-state index in [4.69, 9.17) is 25.6 Å². The Hall–Kier alpha value is -2.79. The first-order valence-electron chi connectivity index (χ1n) is 12.8. The summed E-state index contributed by atoms with van der Waals surface area (Å²) in [5.74, 6) is -0.975. The fraction of sp³-hybridized carbons (Fsp3) is 0.731. The van der Waals surface area contributed by atoms with Gasteiger partial charge in [-0.3, -0.25) is 4.79 Å². The molecule has 206 valence electrons. The molecular weight excluding hydrogens is 482 g/mol. The van der Waals surface area contributed by atoms with Crippen LogP contribution in [0.15, 0.2) is 22.5 Å². The summed E-state index contributed by atoms with van der Waals surface area (Å²) in [6, 6.07) is 0. The first-order chi connectivity index (χ1) is 17.4. The van der Waals surface area contributed by atoms with Crippen LogP contribution in [0.5, 0.6) is 0 Å². The van der Waals surface area contributed by atoms with E-state index in [2.05, 4.69) is 24.2 Å². The molecule has 0 heterocycles. The third-order valence-electron chi connectivity index (χ3n) is 9.18. The van der Waals surface area contributed by atoms with Crippen LogP contribution in [0.25, 0.3) is 0 Å².